The molecule has 6 heteroatoms. The van der Waals surface area contributed by atoms with Crippen molar-refractivity contribution in [2.24, 2.45) is 5.73 Å². The number of carbonyl (C=O) groups is 1. The number of amides is 1. The van der Waals surface area contributed by atoms with E-state index in [0.29, 0.717) is 19.7 Å². The first-order chi connectivity index (χ1) is 7.76. The van der Waals surface area contributed by atoms with Crippen LogP contribution in [0.2, 0.25) is 0 Å². The first-order valence-corrected chi connectivity index (χ1v) is 5.23. The van der Waals surface area contributed by atoms with Crippen LogP contribution in [0, 0.1) is 0 Å². The predicted octanol–water partition coefficient (Wildman–Crippen LogP) is -0.505. The number of nitrogens with two attached hydrogens (primary N) is 1. The summed E-state index contributed by atoms with van der Waals surface area (Å²) in [7, 11) is 1.64. The second-order valence-electron chi connectivity index (χ2n) is 3.45. The predicted molar refractivity (Wildman–Crippen MR) is 59.6 cm³/mol. The fourth-order valence-corrected chi connectivity index (χ4v) is 1.25. The summed E-state index contributed by atoms with van der Waals surface area (Å²) in [6.45, 7) is 1.94. The van der Waals surface area contributed by atoms with Crippen molar-refractivity contribution in [3.8, 4) is 0 Å². The molecule has 0 aliphatic carbocycles. The number of aromatic nitrogens is 2. The zero-order chi connectivity index (χ0) is 11.8. The van der Waals surface area contributed by atoms with Crippen LogP contribution in [-0.4, -0.2) is 35.9 Å². The van der Waals surface area contributed by atoms with Crippen LogP contribution in [0.1, 0.15) is 12.0 Å². The molecule has 0 spiro atoms. The Morgan fingerprint density at radius 2 is 2.50 bits per heavy atom. The second kappa shape index (κ2) is 6.97. The summed E-state index contributed by atoms with van der Waals surface area (Å²) in [5.41, 5.74) is 6.36. The van der Waals surface area contributed by atoms with E-state index in [9.17, 15) is 4.79 Å². The Morgan fingerprint density at radius 3 is 3.12 bits per heavy atom. The van der Waals surface area contributed by atoms with Crippen LogP contribution in [0.3, 0.4) is 0 Å². The van der Waals surface area contributed by atoms with Gasteiger partial charge in [0.2, 0.25) is 5.91 Å². The Hall–Kier alpha value is -1.40. The minimum atomic E-state index is -0.0530. The van der Waals surface area contributed by atoms with Crippen molar-refractivity contribution in [3.63, 3.8) is 0 Å². The molecular weight excluding hydrogens is 208 g/mol. The normalized spacial score (nSPS) is 10.4. The molecule has 1 heterocycles. The number of nitrogens with zero attached hydrogens (tertiary/aromatic N) is 2. The molecule has 0 aliphatic heterocycles. The third kappa shape index (κ3) is 4.41. The standard InChI is InChI=1S/C10H18N4O2/c1-16-4-2-3-12-10(15)8-14-7-9(5-11)6-13-14/h6-7H,2-5,8,11H2,1H3,(H,12,15). The number of hydrogen-bond acceptors (Lipinski definition) is 4. The number of nitrogens with one attached hydrogen (secondary N) is 1. The molecule has 0 saturated carbocycles. The average Bonchev–Trinajstić information content (AvgIpc) is 2.72. The van der Waals surface area contributed by atoms with Crippen LogP contribution in [0.15, 0.2) is 12.4 Å². The zero-order valence-electron chi connectivity index (χ0n) is 9.48. The van der Waals surface area contributed by atoms with E-state index in [1.165, 1.54) is 0 Å². The van der Waals surface area contributed by atoms with E-state index in [1.54, 1.807) is 24.2 Å². The lowest BCUT2D eigenvalue weighted by Gasteiger charge is -2.04. The van der Waals surface area contributed by atoms with Crippen LogP contribution in [-0.2, 0) is 22.6 Å². The molecule has 0 aromatic carbocycles. The highest BCUT2D eigenvalue weighted by Gasteiger charge is 2.03. The highest BCUT2D eigenvalue weighted by atomic mass is 16.5. The van der Waals surface area contributed by atoms with Crippen LogP contribution < -0.4 is 11.1 Å². The maximum absolute atomic E-state index is 11.4. The van der Waals surface area contributed by atoms with Gasteiger partial charge in [0.1, 0.15) is 6.54 Å². The second-order valence-corrected chi connectivity index (χ2v) is 3.45. The van der Waals surface area contributed by atoms with Gasteiger partial charge in [0.05, 0.1) is 6.20 Å². The minimum absolute atomic E-state index is 0.0530. The van der Waals surface area contributed by atoms with Gasteiger partial charge in [-0.2, -0.15) is 5.10 Å². The smallest absolute Gasteiger partial charge is 0.241 e. The zero-order valence-corrected chi connectivity index (χ0v) is 9.48. The molecule has 0 atom stereocenters. The van der Waals surface area contributed by atoms with Gasteiger partial charge in [0.15, 0.2) is 0 Å². The lowest BCUT2D eigenvalue weighted by molar-refractivity contribution is -0.121. The Morgan fingerprint density at radius 1 is 1.69 bits per heavy atom. The van der Waals surface area contributed by atoms with Gasteiger partial charge in [-0.25, -0.2) is 0 Å². The van der Waals surface area contributed by atoms with Gasteiger partial charge in [-0.05, 0) is 6.42 Å². The molecule has 3 N–H and O–H groups in total. The van der Waals surface area contributed by atoms with Crippen molar-refractivity contribution < 1.29 is 9.53 Å². The van der Waals surface area contributed by atoms with Gasteiger partial charge in [-0.3, -0.25) is 9.48 Å². The highest BCUT2D eigenvalue weighted by Crippen LogP contribution is 1.95. The topological polar surface area (TPSA) is 82.2 Å². The third-order valence-corrected chi connectivity index (χ3v) is 2.08. The first-order valence-electron chi connectivity index (χ1n) is 5.23. The molecule has 0 aliphatic rings. The Balaban J connectivity index is 2.23. The molecular formula is C10H18N4O2. The lowest BCUT2D eigenvalue weighted by atomic mass is 10.4. The van der Waals surface area contributed by atoms with E-state index in [-0.39, 0.29) is 12.5 Å². The number of methoxy groups -OCH3 is 1. The van der Waals surface area contributed by atoms with Crippen LogP contribution in [0.4, 0.5) is 0 Å². The van der Waals surface area contributed by atoms with Crippen molar-refractivity contribution in [3.05, 3.63) is 18.0 Å². The van der Waals surface area contributed by atoms with Crippen LogP contribution in [0.5, 0.6) is 0 Å². The fraction of sp³-hybridized carbons (Fsp3) is 0.600. The van der Waals surface area contributed by atoms with Gasteiger partial charge in [0, 0.05) is 38.6 Å². The summed E-state index contributed by atoms with van der Waals surface area (Å²) in [6, 6.07) is 0. The van der Waals surface area contributed by atoms with E-state index in [2.05, 4.69) is 10.4 Å². The molecule has 90 valence electrons. The largest absolute Gasteiger partial charge is 0.385 e. The van der Waals surface area contributed by atoms with Crippen molar-refractivity contribution in [2.75, 3.05) is 20.3 Å². The molecule has 6 nitrogen and oxygen atoms in total. The Bertz CT molecular complexity index is 324. The van der Waals surface area contributed by atoms with Gasteiger partial charge >= 0.3 is 0 Å². The molecule has 1 amide bonds. The van der Waals surface area contributed by atoms with Crippen molar-refractivity contribution in [1.29, 1.82) is 0 Å². The average molecular weight is 226 g/mol. The maximum atomic E-state index is 11.4. The van der Waals surface area contributed by atoms with Crippen molar-refractivity contribution in [1.82, 2.24) is 15.1 Å². The summed E-state index contributed by atoms with van der Waals surface area (Å²) >= 11 is 0. The molecule has 0 saturated heterocycles. The number of carbonyl (C=O) groups excluding carboxylic acids is 1. The lowest BCUT2D eigenvalue weighted by Crippen LogP contribution is -2.29. The van der Waals surface area contributed by atoms with E-state index in [4.69, 9.17) is 10.5 Å². The molecule has 1 aromatic rings. The summed E-state index contributed by atoms with van der Waals surface area (Å²) in [4.78, 5) is 11.4. The third-order valence-electron chi connectivity index (χ3n) is 2.08. The Labute approximate surface area is 94.8 Å². The van der Waals surface area contributed by atoms with Crippen molar-refractivity contribution >= 4 is 5.91 Å². The molecule has 0 fully saturated rings. The van der Waals surface area contributed by atoms with Gasteiger partial charge < -0.3 is 15.8 Å². The molecule has 1 rings (SSSR count). The fourth-order valence-electron chi connectivity index (χ4n) is 1.25. The summed E-state index contributed by atoms with van der Waals surface area (Å²) in [5, 5.41) is 6.80. The number of rotatable bonds is 7. The SMILES string of the molecule is COCCCNC(=O)Cn1cc(CN)cn1. The molecule has 0 radical (unpaired) electrons. The van der Waals surface area contributed by atoms with E-state index >= 15 is 0 Å². The monoisotopic (exact) mass is 226 g/mol. The van der Waals surface area contributed by atoms with E-state index in [1.807, 2.05) is 0 Å². The molecule has 16 heavy (non-hydrogen) atoms. The Kier molecular flexibility index (Phi) is 5.52. The van der Waals surface area contributed by atoms with E-state index in [0.717, 1.165) is 12.0 Å². The van der Waals surface area contributed by atoms with Gasteiger partial charge in [-0.15, -0.1) is 0 Å². The summed E-state index contributed by atoms with van der Waals surface area (Å²) < 4.78 is 6.45. The highest BCUT2D eigenvalue weighted by molar-refractivity contribution is 5.75. The first kappa shape index (κ1) is 12.7. The quantitative estimate of drug-likeness (QED) is 0.614. The maximum Gasteiger partial charge on any atom is 0.241 e. The summed E-state index contributed by atoms with van der Waals surface area (Å²) in [5.74, 6) is -0.0530. The summed E-state index contributed by atoms with van der Waals surface area (Å²) in [6.07, 6.45) is 4.25. The molecule has 1 aromatic heterocycles. The van der Waals surface area contributed by atoms with Crippen molar-refractivity contribution in [2.45, 2.75) is 19.5 Å². The van der Waals surface area contributed by atoms with Gasteiger partial charge in [-0.1, -0.05) is 0 Å². The molecule has 0 unspecified atom stereocenters. The number of hydrogen-bond donors (Lipinski definition) is 2. The van der Waals surface area contributed by atoms with Crippen LogP contribution >= 0.6 is 0 Å². The number of ether oxygens (including phenoxy) is 1. The minimum Gasteiger partial charge on any atom is -0.385 e. The van der Waals surface area contributed by atoms with Crippen LogP contribution in [0.25, 0.3) is 0 Å². The molecule has 0 bridgehead atoms. The van der Waals surface area contributed by atoms with E-state index < -0.39 is 0 Å². The van der Waals surface area contributed by atoms with Gasteiger partial charge in [0.25, 0.3) is 0 Å².